The topological polar surface area (TPSA) is 38.0 Å². The van der Waals surface area contributed by atoms with Gasteiger partial charge in [0.15, 0.2) is 0 Å². The Labute approximate surface area is 59.8 Å². The van der Waals surface area contributed by atoms with E-state index in [9.17, 15) is 8.78 Å². The highest BCUT2D eigenvalue weighted by Gasteiger charge is 2.25. The molecule has 0 aliphatic carbocycles. The third kappa shape index (κ3) is 4.64. The maximum atomic E-state index is 12.3. The van der Waals surface area contributed by atoms with Crippen LogP contribution in [0.2, 0.25) is 0 Å². The van der Waals surface area contributed by atoms with Crippen LogP contribution in [0.25, 0.3) is 0 Å². The number of hydrogen-bond acceptors (Lipinski definition) is 2. The molecular weight excluding hydrogens is 138 g/mol. The van der Waals surface area contributed by atoms with Crippen LogP contribution in [0.4, 0.5) is 8.78 Å². The molecule has 0 aliphatic rings. The minimum absolute atomic E-state index is 0.0809. The number of nitrogens with one attached hydrogen (secondary N) is 1. The summed E-state index contributed by atoms with van der Waals surface area (Å²) >= 11 is 0. The maximum absolute atomic E-state index is 12.3. The van der Waals surface area contributed by atoms with E-state index in [0.29, 0.717) is 0 Å². The first-order valence-electron chi connectivity index (χ1n) is 3.29. The summed E-state index contributed by atoms with van der Waals surface area (Å²) in [5.74, 6) is -2.76. The van der Waals surface area contributed by atoms with Gasteiger partial charge in [0.05, 0.1) is 13.1 Å². The summed E-state index contributed by atoms with van der Waals surface area (Å²) in [7, 11) is 0. The molecule has 0 saturated heterocycles. The molecule has 0 unspecified atom stereocenters. The van der Waals surface area contributed by atoms with Gasteiger partial charge in [-0.15, -0.1) is 0 Å². The Morgan fingerprint density at radius 2 is 2.00 bits per heavy atom. The second-order valence-corrected chi connectivity index (χ2v) is 2.60. The van der Waals surface area contributed by atoms with Crippen molar-refractivity contribution in [3.63, 3.8) is 0 Å². The maximum Gasteiger partial charge on any atom is 0.272 e. The molecule has 0 spiro atoms. The molecule has 0 amide bonds. The molecule has 0 aromatic rings. The van der Waals surface area contributed by atoms with E-state index < -0.39 is 12.5 Å². The van der Waals surface area contributed by atoms with Crippen LogP contribution in [0, 0.1) is 0 Å². The molecule has 0 atom stereocenters. The first-order valence-corrected chi connectivity index (χ1v) is 3.29. The monoisotopic (exact) mass is 152 g/mol. The van der Waals surface area contributed by atoms with E-state index in [4.69, 9.17) is 5.73 Å². The summed E-state index contributed by atoms with van der Waals surface area (Å²) in [5.41, 5.74) is 4.80. The summed E-state index contributed by atoms with van der Waals surface area (Å²) < 4.78 is 24.7. The van der Waals surface area contributed by atoms with Gasteiger partial charge in [0, 0.05) is 6.04 Å². The molecule has 0 bridgehead atoms. The van der Waals surface area contributed by atoms with E-state index in [1.807, 2.05) is 13.8 Å². The Morgan fingerprint density at radius 1 is 1.50 bits per heavy atom. The minimum Gasteiger partial charge on any atom is -0.325 e. The number of hydrogen-bond donors (Lipinski definition) is 2. The van der Waals surface area contributed by atoms with Crippen molar-refractivity contribution in [2.24, 2.45) is 5.73 Å². The van der Waals surface area contributed by atoms with E-state index in [1.165, 1.54) is 0 Å². The van der Waals surface area contributed by atoms with Crippen LogP contribution in [0.3, 0.4) is 0 Å². The normalized spacial score (nSPS) is 12.6. The van der Waals surface area contributed by atoms with E-state index in [-0.39, 0.29) is 12.6 Å². The molecule has 3 N–H and O–H groups in total. The molecule has 0 radical (unpaired) electrons. The van der Waals surface area contributed by atoms with Gasteiger partial charge in [0.2, 0.25) is 0 Å². The molecule has 4 heteroatoms. The Kier molecular flexibility index (Phi) is 3.75. The van der Waals surface area contributed by atoms with Crippen molar-refractivity contribution in [1.29, 1.82) is 0 Å². The Bertz CT molecular complexity index is 93.7. The lowest BCUT2D eigenvalue weighted by Crippen LogP contribution is -2.41. The average molecular weight is 152 g/mol. The first kappa shape index (κ1) is 9.78. The zero-order chi connectivity index (χ0) is 8.20. The summed E-state index contributed by atoms with van der Waals surface area (Å²) in [6.45, 7) is 2.70. The molecule has 0 saturated carbocycles. The fraction of sp³-hybridized carbons (Fsp3) is 1.00. The summed E-state index contributed by atoms with van der Waals surface area (Å²) in [5, 5.41) is 2.61. The number of alkyl halides is 2. The fourth-order valence-corrected chi connectivity index (χ4v) is 0.426. The van der Waals surface area contributed by atoms with E-state index in [2.05, 4.69) is 5.32 Å². The largest absolute Gasteiger partial charge is 0.325 e. The lowest BCUT2D eigenvalue weighted by molar-refractivity contribution is 0.0101. The number of halogens is 2. The highest BCUT2D eigenvalue weighted by atomic mass is 19.3. The fourth-order valence-electron chi connectivity index (χ4n) is 0.426. The smallest absolute Gasteiger partial charge is 0.272 e. The van der Waals surface area contributed by atoms with Gasteiger partial charge in [-0.3, -0.25) is 0 Å². The number of nitrogens with two attached hydrogens (primary N) is 1. The second-order valence-electron chi connectivity index (χ2n) is 2.60. The van der Waals surface area contributed by atoms with Crippen LogP contribution in [0.1, 0.15) is 13.8 Å². The summed E-state index contributed by atoms with van der Waals surface area (Å²) in [6, 6.07) is 0.0809. The molecule has 0 fully saturated rings. The predicted octanol–water partition coefficient (Wildman–Crippen LogP) is 0.578. The average Bonchev–Trinajstić information content (AvgIpc) is 1.85. The van der Waals surface area contributed by atoms with Crippen molar-refractivity contribution in [3.05, 3.63) is 0 Å². The molecule has 0 heterocycles. The molecule has 62 valence electrons. The van der Waals surface area contributed by atoms with Crippen LogP contribution in [0.15, 0.2) is 0 Å². The summed E-state index contributed by atoms with van der Waals surface area (Å²) in [4.78, 5) is 0. The molecule has 2 nitrogen and oxygen atoms in total. The van der Waals surface area contributed by atoms with Gasteiger partial charge in [0.25, 0.3) is 5.92 Å². The van der Waals surface area contributed by atoms with Crippen molar-refractivity contribution in [1.82, 2.24) is 5.32 Å². The SMILES string of the molecule is CC(C)NCC(F)(F)CN. The van der Waals surface area contributed by atoms with E-state index in [0.717, 1.165) is 0 Å². The highest BCUT2D eigenvalue weighted by Crippen LogP contribution is 2.08. The second kappa shape index (κ2) is 3.83. The minimum atomic E-state index is -2.76. The number of rotatable bonds is 4. The van der Waals surface area contributed by atoms with E-state index in [1.54, 1.807) is 0 Å². The molecule has 0 aliphatic heterocycles. The molecule has 0 rings (SSSR count). The van der Waals surface area contributed by atoms with Crippen molar-refractivity contribution in [2.45, 2.75) is 25.8 Å². The van der Waals surface area contributed by atoms with Gasteiger partial charge in [0.1, 0.15) is 0 Å². The lowest BCUT2D eigenvalue weighted by atomic mass is 10.3. The third-order valence-electron chi connectivity index (χ3n) is 1.07. The Hall–Kier alpha value is -0.220. The van der Waals surface area contributed by atoms with Crippen molar-refractivity contribution in [3.8, 4) is 0 Å². The molecule has 0 aromatic heterocycles. The van der Waals surface area contributed by atoms with Gasteiger partial charge in [-0.1, -0.05) is 13.8 Å². The summed E-state index contributed by atoms with van der Waals surface area (Å²) in [6.07, 6.45) is 0. The predicted molar refractivity (Wildman–Crippen MR) is 37.1 cm³/mol. The van der Waals surface area contributed by atoms with Crippen LogP contribution >= 0.6 is 0 Å². The Morgan fingerprint density at radius 3 is 2.30 bits per heavy atom. The lowest BCUT2D eigenvalue weighted by Gasteiger charge is -2.16. The van der Waals surface area contributed by atoms with Crippen LogP contribution in [-0.4, -0.2) is 25.1 Å². The van der Waals surface area contributed by atoms with Crippen LogP contribution in [-0.2, 0) is 0 Å². The van der Waals surface area contributed by atoms with Gasteiger partial charge < -0.3 is 11.1 Å². The third-order valence-corrected chi connectivity index (χ3v) is 1.07. The zero-order valence-corrected chi connectivity index (χ0v) is 6.32. The van der Waals surface area contributed by atoms with Crippen molar-refractivity contribution in [2.75, 3.05) is 13.1 Å². The highest BCUT2D eigenvalue weighted by molar-refractivity contribution is 4.70. The van der Waals surface area contributed by atoms with E-state index >= 15 is 0 Å². The van der Waals surface area contributed by atoms with Crippen molar-refractivity contribution < 1.29 is 8.78 Å². The van der Waals surface area contributed by atoms with Crippen molar-refractivity contribution >= 4 is 0 Å². The van der Waals surface area contributed by atoms with Gasteiger partial charge in [-0.2, -0.15) is 0 Å². The van der Waals surface area contributed by atoms with Gasteiger partial charge in [-0.05, 0) is 0 Å². The quantitative estimate of drug-likeness (QED) is 0.618. The Balaban J connectivity index is 3.46. The standard InChI is InChI=1S/C6H14F2N2/c1-5(2)10-4-6(7,8)3-9/h5,10H,3-4,9H2,1-2H3. The van der Waals surface area contributed by atoms with Crippen LogP contribution in [0.5, 0.6) is 0 Å². The zero-order valence-electron chi connectivity index (χ0n) is 6.32. The van der Waals surface area contributed by atoms with Crippen LogP contribution < -0.4 is 11.1 Å². The first-order chi connectivity index (χ1) is 4.48. The van der Waals surface area contributed by atoms with Gasteiger partial charge in [-0.25, -0.2) is 8.78 Å². The molecule has 0 aromatic carbocycles. The molecule has 10 heavy (non-hydrogen) atoms. The molecular formula is C6H14F2N2. The van der Waals surface area contributed by atoms with Gasteiger partial charge >= 0.3 is 0 Å².